The number of likely N-dealkylation sites (tertiary alicyclic amines) is 1. The zero-order valence-corrected chi connectivity index (χ0v) is 19.6. The number of ether oxygens (including phenoxy) is 2. The summed E-state index contributed by atoms with van der Waals surface area (Å²) in [6, 6.07) is -1.59. The summed E-state index contributed by atoms with van der Waals surface area (Å²) < 4.78 is 11.9. The predicted octanol–water partition coefficient (Wildman–Crippen LogP) is 1.67. The van der Waals surface area contributed by atoms with Crippen molar-refractivity contribution in [1.82, 2.24) is 9.80 Å². The summed E-state index contributed by atoms with van der Waals surface area (Å²) in [5.74, 6) is -2.72. The van der Waals surface area contributed by atoms with Gasteiger partial charge in [0.15, 0.2) is 0 Å². The fourth-order valence-electron chi connectivity index (χ4n) is 5.89. The fraction of sp³-hybridized carbons (Fsp3) is 0.708. The van der Waals surface area contributed by atoms with E-state index in [-0.39, 0.29) is 31.1 Å². The van der Waals surface area contributed by atoms with Gasteiger partial charge in [0, 0.05) is 12.6 Å². The van der Waals surface area contributed by atoms with E-state index in [2.05, 4.69) is 13.2 Å². The lowest BCUT2D eigenvalue weighted by atomic mass is 9.66. The minimum absolute atomic E-state index is 0.0418. The molecule has 8 nitrogen and oxygen atoms in total. The predicted molar refractivity (Wildman–Crippen MR) is 118 cm³/mol. The second-order valence-corrected chi connectivity index (χ2v) is 9.51. The zero-order chi connectivity index (χ0) is 23.8. The molecule has 0 aliphatic carbocycles. The van der Waals surface area contributed by atoms with Gasteiger partial charge < -0.3 is 24.4 Å². The third-order valence-electron chi connectivity index (χ3n) is 7.35. The summed E-state index contributed by atoms with van der Waals surface area (Å²) in [5.41, 5.74) is -2.01. The number of hydrogen-bond donors (Lipinski definition) is 1. The van der Waals surface area contributed by atoms with Crippen LogP contribution in [0.25, 0.3) is 0 Å². The maximum absolute atomic E-state index is 13.9. The van der Waals surface area contributed by atoms with Crippen molar-refractivity contribution in [3.8, 4) is 0 Å². The first-order valence-corrected chi connectivity index (χ1v) is 11.5. The van der Waals surface area contributed by atoms with Crippen LogP contribution in [0.2, 0.25) is 0 Å². The van der Waals surface area contributed by atoms with E-state index in [1.165, 1.54) is 11.0 Å². The molecule has 0 aromatic carbocycles. The first kappa shape index (κ1) is 24.5. The summed E-state index contributed by atoms with van der Waals surface area (Å²) >= 11 is 0. The SMILES string of the molecule is C=CCOC(=O)[C@H]1[C@H]2C(=O)N([C@@H](CC)CO)C(C(=O)N(CC=C)C(C)C)C23CC[C@]1(C)O3. The third-order valence-corrected chi connectivity index (χ3v) is 7.35. The highest BCUT2D eigenvalue weighted by Crippen LogP contribution is 2.63. The summed E-state index contributed by atoms with van der Waals surface area (Å²) in [7, 11) is 0. The first-order chi connectivity index (χ1) is 15.1. The number of nitrogens with zero attached hydrogens (tertiary/aromatic N) is 2. The molecular weight excluding hydrogens is 412 g/mol. The Labute approximate surface area is 190 Å². The highest BCUT2D eigenvalue weighted by Gasteiger charge is 2.79. The first-order valence-electron chi connectivity index (χ1n) is 11.5. The van der Waals surface area contributed by atoms with Crippen molar-refractivity contribution in [3.05, 3.63) is 25.3 Å². The van der Waals surface area contributed by atoms with E-state index < -0.39 is 41.1 Å². The van der Waals surface area contributed by atoms with Gasteiger partial charge in [0.1, 0.15) is 24.2 Å². The minimum atomic E-state index is -1.13. The van der Waals surface area contributed by atoms with Gasteiger partial charge in [0.2, 0.25) is 11.8 Å². The minimum Gasteiger partial charge on any atom is -0.461 e. The number of carbonyl (C=O) groups is 3. The van der Waals surface area contributed by atoms with Gasteiger partial charge in [-0.25, -0.2) is 0 Å². The lowest BCUT2D eigenvalue weighted by Crippen LogP contribution is -2.59. The highest BCUT2D eigenvalue weighted by atomic mass is 16.6. The van der Waals surface area contributed by atoms with E-state index in [1.54, 1.807) is 11.0 Å². The van der Waals surface area contributed by atoms with Gasteiger partial charge in [-0.2, -0.15) is 0 Å². The second-order valence-electron chi connectivity index (χ2n) is 9.51. The Bertz CT molecular complexity index is 793. The van der Waals surface area contributed by atoms with Gasteiger partial charge >= 0.3 is 5.97 Å². The molecule has 3 aliphatic rings. The quantitative estimate of drug-likeness (QED) is 0.403. The molecular formula is C24H36N2O6. The number of rotatable bonds is 10. The Morgan fingerprint density at radius 3 is 2.56 bits per heavy atom. The number of hydrogen-bond acceptors (Lipinski definition) is 6. The lowest BCUT2D eigenvalue weighted by molar-refractivity contribution is -0.161. The molecule has 3 saturated heterocycles. The molecule has 32 heavy (non-hydrogen) atoms. The van der Waals surface area contributed by atoms with Crippen LogP contribution in [0.4, 0.5) is 0 Å². The molecule has 0 saturated carbocycles. The van der Waals surface area contributed by atoms with E-state index in [0.717, 1.165) is 0 Å². The van der Waals surface area contributed by atoms with Gasteiger partial charge in [0.05, 0.1) is 24.2 Å². The van der Waals surface area contributed by atoms with Crippen molar-refractivity contribution in [1.29, 1.82) is 0 Å². The number of fused-ring (bicyclic) bond motifs is 1. The molecule has 3 heterocycles. The molecule has 6 atom stereocenters. The van der Waals surface area contributed by atoms with Crippen LogP contribution in [0, 0.1) is 11.8 Å². The number of aliphatic hydroxyl groups excluding tert-OH is 1. The molecule has 0 aromatic heterocycles. The Hall–Kier alpha value is -2.19. The molecule has 2 amide bonds. The van der Waals surface area contributed by atoms with Gasteiger partial charge in [-0.15, -0.1) is 6.58 Å². The van der Waals surface area contributed by atoms with E-state index in [0.29, 0.717) is 25.8 Å². The van der Waals surface area contributed by atoms with Crippen LogP contribution in [0.1, 0.15) is 47.0 Å². The Balaban J connectivity index is 2.12. The third kappa shape index (κ3) is 3.48. The maximum atomic E-state index is 13.9. The molecule has 0 aromatic rings. The van der Waals surface area contributed by atoms with Crippen LogP contribution in [-0.2, 0) is 23.9 Å². The number of esters is 1. The van der Waals surface area contributed by atoms with Crippen molar-refractivity contribution >= 4 is 17.8 Å². The largest absolute Gasteiger partial charge is 0.461 e. The van der Waals surface area contributed by atoms with Crippen LogP contribution in [0.15, 0.2) is 25.3 Å². The van der Waals surface area contributed by atoms with Crippen molar-refractivity contribution in [2.45, 2.75) is 76.3 Å². The highest BCUT2D eigenvalue weighted by molar-refractivity contribution is 5.98. The Kier molecular flexibility index (Phi) is 6.86. The summed E-state index contributed by atoms with van der Waals surface area (Å²) in [6.45, 7) is 14.9. The summed E-state index contributed by atoms with van der Waals surface area (Å²) in [5, 5.41) is 10.0. The number of aliphatic hydroxyl groups is 1. The molecule has 3 fully saturated rings. The Morgan fingerprint density at radius 1 is 1.34 bits per heavy atom. The monoisotopic (exact) mass is 448 g/mol. The topological polar surface area (TPSA) is 96.4 Å². The van der Waals surface area contributed by atoms with Crippen LogP contribution in [-0.4, -0.2) is 81.8 Å². The molecule has 3 rings (SSSR count). The average Bonchev–Trinajstić information content (AvgIpc) is 3.32. The normalized spacial score (nSPS) is 33.9. The number of amides is 2. The van der Waals surface area contributed by atoms with Gasteiger partial charge in [-0.1, -0.05) is 25.7 Å². The number of carbonyl (C=O) groups excluding carboxylic acids is 3. The average molecular weight is 449 g/mol. The molecule has 2 bridgehead atoms. The van der Waals surface area contributed by atoms with E-state index in [1.807, 2.05) is 27.7 Å². The second kappa shape index (κ2) is 8.98. The van der Waals surface area contributed by atoms with Crippen molar-refractivity contribution in [3.63, 3.8) is 0 Å². The molecule has 8 heteroatoms. The van der Waals surface area contributed by atoms with Gasteiger partial charge in [0.25, 0.3) is 0 Å². The van der Waals surface area contributed by atoms with E-state index in [9.17, 15) is 19.5 Å². The standard InChI is InChI=1S/C24H36N2O6/c1-7-12-25(15(4)5)21(29)19-24-11-10-23(6,32-24)18(22(30)31-13-8-2)17(24)20(28)26(19)16(9-3)14-27/h7-8,15-19,27H,1-2,9-14H2,3-6H3/t16-,17-,18+,19?,23-,24?/m0/s1. The summed E-state index contributed by atoms with van der Waals surface area (Å²) in [6.07, 6.45) is 4.64. The van der Waals surface area contributed by atoms with Crippen molar-refractivity contribution in [2.75, 3.05) is 19.8 Å². The molecule has 1 spiro atoms. The molecule has 1 N–H and O–H groups in total. The van der Waals surface area contributed by atoms with Crippen LogP contribution in [0.3, 0.4) is 0 Å². The molecule has 2 unspecified atom stereocenters. The van der Waals surface area contributed by atoms with Crippen molar-refractivity contribution < 1.29 is 29.0 Å². The fourth-order valence-corrected chi connectivity index (χ4v) is 5.89. The smallest absolute Gasteiger partial charge is 0.313 e. The van der Waals surface area contributed by atoms with E-state index in [4.69, 9.17) is 9.47 Å². The lowest BCUT2D eigenvalue weighted by Gasteiger charge is -2.40. The van der Waals surface area contributed by atoms with Gasteiger partial charge in [-0.3, -0.25) is 14.4 Å². The van der Waals surface area contributed by atoms with Gasteiger partial charge in [-0.05, 0) is 40.0 Å². The maximum Gasteiger partial charge on any atom is 0.313 e. The van der Waals surface area contributed by atoms with Crippen molar-refractivity contribution in [2.24, 2.45) is 11.8 Å². The molecule has 0 radical (unpaired) electrons. The van der Waals surface area contributed by atoms with Crippen LogP contribution < -0.4 is 0 Å². The molecule has 178 valence electrons. The van der Waals surface area contributed by atoms with Crippen LogP contribution in [0.5, 0.6) is 0 Å². The molecule has 3 aliphatic heterocycles. The zero-order valence-electron chi connectivity index (χ0n) is 19.6. The Morgan fingerprint density at radius 2 is 2.03 bits per heavy atom. The summed E-state index contributed by atoms with van der Waals surface area (Å²) in [4.78, 5) is 44.0. The van der Waals surface area contributed by atoms with Crippen LogP contribution >= 0.6 is 0 Å². The van der Waals surface area contributed by atoms with E-state index >= 15 is 0 Å².